The van der Waals surface area contributed by atoms with Crippen LogP contribution in [-0.2, 0) is 0 Å². The van der Waals surface area contributed by atoms with Gasteiger partial charge in [0.25, 0.3) is 0 Å². The third-order valence-corrected chi connectivity index (χ3v) is 3.09. The minimum absolute atomic E-state index is 0.127. The van der Waals surface area contributed by atoms with Gasteiger partial charge in [-0.05, 0) is 48.9 Å². The molecule has 1 aromatic carbocycles. The Morgan fingerprint density at radius 3 is 2.50 bits per heavy atom. The largest absolute Gasteiger partial charge is 0.330 e. The van der Waals surface area contributed by atoms with Gasteiger partial charge < -0.3 is 11.5 Å². The van der Waals surface area contributed by atoms with E-state index >= 15 is 0 Å². The maximum atomic E-state index is 6.20. The van der Waals surface area contributed by atoms with E-state index in [-0.39, 0.29) is 6.04 Å². The van der Waals surface area contributed by atoms with E-state index in [4.69, 9.17) is 11.5 Å². The summed E-state index contributed by atoms with van der Waals surface area (Å²) in [6, 6.07) is 6.75. The number of rotatable bonds is 5. The second kappa shape index (κ2) is 6.02. The van der Waals surface area contributed by atoms with Gasteiger partial charge in [0.2, 0.25) is 0 Å². The summed E-state index contributed by atoms with van der Waals surface area (Å²) in [6.07, 6.45) is 1.96. The van der Waals surface area contributed by atoms with Gasteiger partial charge >= 0.3 is 0 Å². The highest BCUT2D eigenvalue weighted by Crippen LogP contribution is 2.24. The minimum Gasteiger partial charge on any atom is -0.330 e. The minimum atomic E-state index is 0.127. The Balaban J connectivity index is 2.88. The van der Waals surface area contributed by atoms with Crippen molar-refractivity contribution >= 4 is 0 Å². The molecule has 2 heteroatoms. The summed E-state index contributed by atoms with van der Waals surface area (Å²) in [6.45, 7) is 7.26. The highest BCUT2D eigenvalue weighted by atomic mass is 14.6. The third kappa shape index (κ3) is 3.32. The molecule has 0 radical (unpaired) electrons. The fourth-order valence-electron chi connectivity index (χ4n) is 1.91. The second-order valence-corrected chi connectivity index (χ2v) is 4.81. The topological polar surface area (TPSA) is 52.0 Å². The van der Waals surface area contributed by atoms with Gasteiger partial charge in [-0.15, -0.1) is 0 Å². The molecule has 0 aliphatic rings. The van der Waals surface area contributed by atoms with Gasteiger partial charge in [0.1, 0.15) is 0 Å². The maximum absolute atomic E-state index is 6.20. The summed E-state index contributed by atoms with van der Waals surface area (Å²) in [5, 5.41) is 0. The van der Waals surface area contributed by atoms with Gasteiger partial charge in [0.05, 0.1) is 0 Å². The van der Waals surface area contributed by atoms with Crippen LogP contribution in [0.3, 0.4) is 0 Å². The van der Waals surface area contributed by atoms with E-state index in [2.05, 4.69) is 39.0 Å². The smallest absolute Gasteiger partial charge is 0.0298 e. The van der Waals surface area contributed by atoms with E-state index in [0.29, 0.717) is 5.92 Å². The monoisotopic (exact) mass is 220 g/mol. The van der Waals surface area contributed by atoms with Crippen LogP contribution in [0.25, 0.3) is 0 Å². The van der Waals surface area contributed by atoms with Crippen molar-refractivity contribution in [2.75, 3.05) is 6.54 Å². The van der Waals surface area contributed by atoms with Crippen molar-refractivity contribution < 1.29 is 0 Å². The molecule has 0 aliphatic heterocycles. The molecule has 1 rings (SSSR count). The summed E-state index contributed by atoms with van der Waals surface area (Å²) >= 11 is 0. The number of benzene rings is 1. The molecule has 0 saturated carbocycles. The highest BCUT2D eigenvalue weighted by Gasteiger charge is 2.10. The Labute approximate surface area is 99.0 Å². The fraction of sp³-hybridized carbons (Fsp3) is 0.571. The molecule has 2 nitrogen and oxygen atoms in total. The maximum Gasteiger partial charge on any atom is 0.0298 e. The van der Waals surface area contributed by atoms with Gasteiger partial charge in [-0.3, -0.25) is 0 Å². The molecule has 0 bridgehead atoms. The van der Waals surface area contributed by atoms with Crippen LogP contribution in [-0.4, -0.2) is 6.54 Å². The molecule has 1 unspecified atom stereocenters. The molecule has 90 valence electrons. The molecular weight excluding hydrogens is 196 g/mol. The average Bonchev–Trinajstić information content (AvgIpc) is 2.26. The zero-order chi connectivity index (χ0) is 12.1. The number of hydrogen-bond acceptors (Lipinski definition) is 2. The van der Waals surface area contributed by atoms with E-state index in [1.165, 1.54) is 16.7 Å². The first kappa shape index (κ1) is 13.2. The first-order chi connectivity index (χ1) is 7.56. The lowest BCUT2D eigenvalue weighted by Gasteiger charge is -2.17. The van der Waals surface area contributed by atoms with Crippen LogP contribution >= 0.6 is 0 Å². The summed E-state index contributed by atoms with van der Waals surface area (Å²) in [5.41, 5.74) is 15.6. The summed E-state index contributed by atoms with van der Waals surface area (Å²) < 4.78 is 0. The third-order valence-electron chi connectivity index (χ3n) is 3.09. The predicted molar refractivity (Wildman–Crippen MR) is 70.5 cm³/mol. The molecule has 16 heavy (non-hydrogen) atoms. The van der Waals surface area contributed by atoms with E-state index in [1.54, 1.807) is 0 Å². The van der Waals surface area contributed by atoms with Crippen molar-refractivity contribution in [2.24, 2.45) is 11.5 Å². The van der Waals surface area contributed by atoms with Crippen LogP contribution in [0, 0.1) is 6.92 Å². The quantitative estimate of drug-likeness (QED) is 0.801. The Hall–Kier alpha value is -0.860. The van der Waals surface area contributed by atoms with Crippen LogP contribution in [0.15, 0.2) is 18.2 Å². The zero-order valence-corrected chi connectivity index (χ0v) is 10.7. The molecule has 0 saturated heterocycles. The zero-order valence-electron chi connectivity index (χ0n) is 10.7. The highest BCUT2D eigenvalue weighted by molar-refractivity contribution is 5.34. The molecule has 1 aromatic rings. The van der Waals surface area contributed by atoms with Crippen LogP contribution in [0.1, 0.15) is 55.3 Å². The van der Waals surface area contributed by atoms with Crippen molar-refractivity contribution in [3.8, 4) is 0 Å². The number of aryl methyl sites for hydroxylation is 1. The first-order valence-electron chi connectivity index (χ1n) is 6.12. The molecule has 0 spiro atoms. The first-order valence-corrected chi connectivity index (χ1v) is 6.12. The number of nitrogens with two attached hydrogens (primary N) is 2. The lowest BCUT2D eigenvalue weighted by Crippen LogP contribution is -2.14. The van der Waals surface area contributed by atoms with E-state index in [9.17, 15) is 0 Å². The molecule has 0 fully saturated rings. The van der Waals surface area contributed by atoms with Crippen molar-refractivity contribution in [3.63, 3.8) is 0 Å². The van der Waals surface area contributed by atoms with Crippen molar-refractivity contribution in [3.05, 3.63) is 34.9 Å². The van der Waals surface area contributed by atoms with Crippen molar-refractivity contribution in [1.82, 2.24) is 0 Å². The van der Waals surface area contributed by atoms with E-state index < -0.39 is 0 Å². The van der Waals surface area contributed by atoms with Gasteiger partial charge in [0.15, 0.2) is 0 Å². The fourth-order valence-corrected chi connectivity index (χ4v) is 1.91. The van der Waals surface area contributed by atoms with Gasteiger partial charge in [0, 0.05) is 6.04 Å². The Bertz CT molecular complexity index is 332. The van der Waals surface area contributed by atoms with E-state index in [1.807, 2.05) is 0 Å². The molecule has 1 atom stereocenters. The van der Waals surface area contributed by atoms with Gasteiger partial charge in [-0.2, -0.15) is 0 Å². The summed E-state index contributed by atoms with van der Waals surface area (Å²) in [5.74, 6) is 0.557. The molecule has 0 aliphatic carbocycles. The van der Waals surface area contributed by atoms with Crippen molar-refractivity contribution in [1.29, 1.82) is 0 Å². The van der Waals surface area contributed by atoms with Crippen LogP contribution in [0.5, 0.6) is 0 Å². The summed E-state index contributed by atoms with van der Waals surface area (Å²) in [7, 11) is 0. The standard InChI is InChI=1S/C14H24N2/c1-10(2)12-7-6-11(3)13(9-12)14(16)5-4-8-15/h6-7,9-10,14H,4-5,8,15-16H2,1-3H3. The van der Waals surface area contributed by atoms with Gasteiger partial charge in [-0.25, -0.2) is 0 Å². The molecule has 0 amide bonds. The van der Waals surface area contributed by atoms with Crippen LogP contribution in [0.4, 0.5) is 0 Å². The lowest BCUT2D eigenvalue weighted by atomic mass is 9.92. The SMILES string of the molecule is Cc1ccc(C(C)C)cc1C(N)CCCN. The number of hydrogen-bond donors (Lipinski definition) is 2. The molecule has 0 heterocycles. The normalized spacial score (nSPS) is 13.1. The van der Waals surface area contributed by atoms with Crippen LogP contribution < -0.4 is 11.5 Å². The molecular formula is C14H24N2. The molecule has 4 N–H and O–H groups in total. The summed E-state index contributed by atoms with van der Waals surface area (Å²) in [4.78, 5) is 0. The average molecular weight is 220 g/mol. The lowest BCUT2D eigenvalue weighted by molar-refractivity contribution is 0.614. The molecule has 0 aromatic heterocycles. The van der Waals surface area contributed by atoms with Gasteiger partial charge in [-0.1, -0.05) is 32.0 Å². The Kier molecular flexibility index (Phi) is 4.97. The Morgan fingerprint density at radius 1 is 1.25 bits per heavy atom. The second-order valence-electron chi connectivity index (χ2n) is 4.81. The van der Waals surface area contributed by atoms with E-state index in [0.717, 1.165) is 19.4 Å². The Morgan fingerprint density at radius 2 is 1.94 bits per heavy atom. The predicted octanol–water partition coefficient (Wildman–Crippen LogP) is 2.86. The van der Waals surface area contributed by atoms with Crippen LogP contribution in [0.2, 0.25) is 0 Å². The van der Waals surface area contributed by atoms with Crippen molar-refractivity contribution in [2.45, 2.75) is 45.6 Å².